The molecule has 112 valence electrons. The minimum absolute atomic E-state index is 0.0381. The molecular weight excluding hydrogens is 378 g/mol. The van der Waals surface area contributed by atoms with E-state index in [-0.39, 0.29) is 15.7 Å². The quantitative estimate of drug-likeness (QED) is 0.809. The predicted molar refractivity (Wildman–Crippen MR) is 87.4 cm³/mol. The standard InChI is InChI=1S/C14H13BrClNO3S/c1-20-13-5-2-9(6-11(13)15)8-21(18,19)14-7-10(17)3-4-12(14)16/h2-7H,8,17H2,1H3. The molecular formula is C14H13BrClNO3S. The molecule has 2 N–H and O–H groups in total. The summed E-state index contributed by atoms with van der Waals surface area (Å²) in [6, 6.07) is 9.52. The van der Waals surface area contributed by atoms with Gasteiger partial charge < -0.3 is 10.5 Å². The molecule has 0 spiro atoms. The van der Waals surface area contributed by atoms with Crippen molar-refractivity contribution in [3.05, 3.63) is 51.5 Å². The Morgan fingerprint density at radius 1 is 1.24 bits per heavy atom. The number of methoxy groups -OCH3 is 1. The van der Waals surface area contributed by atoms with Crippen molar-refractivity contribution in [2.24, 2.45) is 0 Å². The van der Waals surface area contributed by atoms with Crippen LogP contribution in [0.5, 0.6) is 5.75 Å². The molecule has 2 rings (SSSR count). The lowest BCUT2D eigenvalue weighted by Crippen LogP contribution is -2.06. The highest BCUT2D eigenvalue weighted by Gasteiger charge is 2.19. The summed E-state index contributed by atoms with van der Waals surface area (Å²) in [5.74, 6) is 0.469. The first kappa shape index (κ1) is 16.1. The molecule has 0 heterocycles. The van der Waals surface area contributed by atoms with Gasteiger partial charge in [-0.3, -0.25) is 0 Å². The van der Waals surface area contributed by atoms with E-state index in [4.69, 9.17) is 22.1 Å². The largest absolute Gasteiger partial charge is 0.496 e. The van der Waals surface area contributed by atoms with Crippen molar-refractivity contribution in [1.29, 1.82) is 0 Å². The second-order valence-corrected chi connectivity index (χ2v) is 7.64. The van der Waals surface area contributed by atoms with E-state index in [9.17, 15) is 8.42 Å². The molecule has 0 aromatic heterocycles. The fraction of sp³-hybridized carbons (Fsp3) is 0.143. The molecule has 21 heavy (non-hydrogen) atoms. The van der Waals surface area contributed by atoms with Gasteiger partial charge in [-0.25, -0.2) is 8.42 Å². The Balaban J connectivity index is 2.37. The number of sulfone groups is 1. The van der Waals surface area contributed by atoms with E-state index in [1.54, 1.807) is 31.4 Å². The van der Waals surface area contributed by atoms with Crippen LogP contribution < -0.4 is 10.5 Å². The molecule has 0 aliphatic heterocycles. The van der Waals surface area contributed by atoms with Gasteiger partial charge in [0, 0.05) is 5.69 Å². The number of nitrogens with two attached hydrogens (primary N) is 1. The zero-order valence-corrected chi connectivity index (χ0v) is 14.3. The van der Waals surface area contributed by atoms with Crippen molar-refractivity contribution >= 4 is 43.1 Å². The summed E-state index contributed by atoms with van der Waals surface area (Å²) in [7, 11) is -2.03. The van der Waals surface area contributed by atoms with Gasteiger partial charge in [-0.05, 0) is 51.8 Å². The molecule has 2 aromatic rings. The van der Waals surface area contributed by atoms with Crippen LogP contribution in [0.25, 0.3) is 0 Å². The molecule has 0 aliphatic rings. The zero-order valence-electron chi connectivity index (χ0n) is 11.1. The Morgan fingerprint density at radius 3 is 2.57 bits per heavy atom. The predicted octanol–water partition coefficient (Wildman–Crippen LogP) is 3.67. The molecule has 4 nitrogen and oxygen atoms in total. The van der Waals surface area contributed by atoms with E-state index in [2.05, 4.69) is 15.9 Å². The lowest BCUT2D eigenvalue weighted by Gasteiger charge is -2.09. The fourth-order valence-electron chi connectivity index (χ4n) is 1.86. The smallest absolute Gasteiger partial charge is 0.184 e. The molecule has 0 radical (unpaired) electrons. The van der Waals surface area contributed by atoms with Crippen LogP contribution in [0.3, 0.4) is 0 Å². The molecule has 0 bridgehead atoms. The molecule has 0 fully saturated rings. The van der Waals surface area contributed by atoms with E-state index in [1.807, 2.05) is 0 Å². The Bertz CT molecular complexity index is 778. The van der Waals surface area contributed by atoms with Gasteiger partial charge in [0.1, 0.15) is 5.75 Å². The van der Waals surface area contributed by atoms with Crippen molar-refractivity contribution in [3.63, 3.8) is 0 Å². The molecule has 0 saturated carbocycles. The van der Waals surface area contributed by atoms with Crippen molar-refractivity contribution in [1.82, 2.24) is 0 Å². The van der Waals surface area contributed by atoms with Crippen molar-refractivity contribution in [3.8, 4) is 5.75 Å². The van der Waals surface area contributed by atoms with Crippen molar-refractivity contribution in [2.75, 3.05) is 12.8 Å². The minimum Gasteiger partial charge on any atom is -0.496 e. The Hall–Kier alpha value is -1.24. The van der Waals surface area contributed by atoms with Crippen LogP contribution in [0, 0.1) is 0 Å². The third-order valence-electron chi connectivity index (χ3n) is 2.86. The number of nitrogen functional groups attached to an aromatic ring is 1. The monoisotopic (exact) mass is 389 g/mol. The number of hydrogen-bond acceptors (Lipinski definition) is 4. The number of ether oxygens (including phenoxy) is 1. The lowest BCUT2D eigenvalue weighted by atomic mass is 10.2. The number of anilines is 1. The van der Waals surface area contributed by atoms with Crippen LogP contribution in [-0.2, 0) is 15.6 Å². The van der Waals surface area contributed by atoms with Crippen molar-refractivity contribution < 1.29 is 13.2 Å². The summed E-state index contributed by atoms with van der Waals surface area (Å²) in [6.45, 7) is 0. The van der Waals surface area contributed by atoms with Crippen LogP contribution >= 0.6 is 27.5 Å². The van der Waals surface area contributed by atoms with E-state index in [0.717, 1.165) is 0 Å². The highest BCUT2D eigenvalue weighted by Crippen LogP contribution is 2.30. The van der Waals surface area contributed by atoms with Gasteiger partial charge in [-0.2, -0.15) is 0 Å². The van der Waals surface area contributed by atoms with Gasteiger partial charge in [-0.15, -0.1) is 0 Å². The number of hydrogen-bond donors (Lipinski definition) is 1. The maximum absolute atomic E-state index is 12.5. The lowest BCUT2D eigenvalue weighted by molar-refractivity contribution is 0.412. The van der Waals surface area contributed by atoms with E-state index in [1.165, 1.54) is 12.1 Å². The van der Waals surface area contributed by atoms with E-state index >= 15 is 0 Å². The first-order chi connectivity index (χ1) is 9.83. The van der Waals surface area contributed by atoms with E-state index < -0.39 is 9.84 Å². The third kappa shape index (κ3) is 3.70. The second-order valence-electron chi connectivity index (χ2n) is 4.42. The Labute approximate surface area is 136 Å². The van der Waals surface area contributed by atoms with Crippen molar-refractivity contribution in [2.45, 2.75) is 10.6 Å². The summed E-state index contributed by atoms with van der Waals surface area (Å²) >= 11 is 9.29. The van der Waals surface area contributed by atoms with Crippen LogP contribution in [0.15, 0.2) is 45.8 Å². The van der Waals surface area contributed by atoms with Gasteiger partial charge in [0.15, 0.2) is 9.84 Å². The highest BCUT2D eigenvalue weighted by atomic mass is 79.9. The van der Waals surface area contributed by atoms with Crippen LogP contribution in [0.2, 0.25) is 5.02 Å². The van der Waals surface area contributed by atoms with Gasteiger partial charge in [0.05, 0.1) is 27.3 Å². The van der Waals surface area contributed by atoms with E-state index in [0.29, 0.717) is 21.5 Å². The summed E-state index contributed by atoms with van der Waals surface area (Å²) in [4.78, 5) is 0.0381. The average molecular weight is 391 g/mol. The number of halogens is 2. The SMILES string of the molecule is COc1ccc(CS(=O)(=O)c2cc(N)ccc2Cl)cc1Br. The molecule has 0 saturated heterocycles. The normalized spacial score (nSPS) is 11.4. The first-order valence-electron chi connectivity index (χ1n) is 5.93. The van der Waals surface area contributed by atoms with Gasteiger partial charge in [-0.1, -0.05) is 17.7 Å². The van der Waals surface area contributed by atoms with Gasteiger partial charge in [0.2, 0.25) is 0 Å². The second kappa shape index (κ2) is 6.25. The molecule has 2 aromatic carbocycles. The van der Waals surface area contributed by atoms with Gasteiger partial charge >= 0.3 is 0 Å². The summed E-state index contributed by atoms with van der Waals surface area (Å²) in [5, 5.41) is 0.164. The number of benzene rings is 2. The maximum Gasteiger partial charge on any atom is 0.184 e. The summed E-state index contributed by atoms with van der Waals surface area (Å²) < 4.78 is 30.7. The Kier molecular flexibility index (Phi) is 4.81. The average Bonchev–Trinajstić information content (AvgIpc) is 2.41. The number of rotatable bonds is 4. The van der Waals surface area contributed by atoms with Crippen LogP contribution in [0.1, 0.15) is 5.56 Å². The molecule has 0 aliphatic carbocycles. The summed E-state index contributed by atoms with van der Waals surface area (Å²) in [5.41, 5.74) is 6.61. The molecule has 0 atom stereocenters. The van der Waals surface area contributed by atoms with Crippen LogP contribution in [-0.4, -0.2) is 15.5 Å². The van der Waals surface area contributed by atoms with Crippen LogP contribution in [0.4, 0.5) is 5.69 Å². The topological polar surface area (TPSA) is 69.4 Å². The molecule has 0 amide bonds. The summed E-state index contributed by atoms with van der Waals surface area (Å²) in [6.07, 6.45) is 0. The van der Waals surface area contributed by atoms with Gasteiger partial charge in [0.25, 0.3) is 0 Å². The minimum atomic E-state index is -3.58. The molecule has 7 heteroatoms. The fourth-order valence-corrected chi connectivity index (χ4v) is 4.37. The third-order valence-corrected chi connectivity index (χ3v) is 5.65. The molecule has 0 unspecified atom stereocenters. The zero-order chi connectivity index (χ0) is 15.6. The maximum atomic E-state index is 12.5. The first-order valence-corrected chi connectivity index (χ1v) is 8.76. The highest BCUT2D eigenvalue weighted by molar-refractivity contribution is 9.10. The Morgan fingerprint density at radius 2 is 1.95 bits per heavy atom.